The fraction of sp³-hybridized carbons (Fsp3) is 0.312. The standard InChI is InChI=1S/C16H19NO3/c1-3-16(19)17-10-15(18)13-6-4-5-11-7-8-12(20-2)9-14(11)13/h4-9,15,18H,3,10H2,1-2H3,(H,17,19)/t15-/m1/s1. The van der Waals surface area contributed by atoms with Crippen LogP contribution in [0, 0.1) is 0 Å². The highest BCUT2D eigenvalue weighted by atomic mass is 16.5. The van der Waals surface area contributed by atoms with Gasteiger partial charge in [0.2, 0.25) is 5.91 Å². The number of aliphatic hydroxyl groups is 1. The van der Waals surface area contributed by atoms with Crippen LogP contribution in [-0.2, 0) is 4.79 Å². The average molecular weight is 273 g/mol. The molecule has 20 heavy (non-hydrogen) atoms. The number of carbonyl (C=O) groups excluding carboxylic acids is 1. The Morgan fingerprint density at radius 3 is 2.85 bits per heavy atom. The van der Waals surface area contributed by atoms with E-state index in [1.54, 1.807) is 14.0 Å². The molecule has 2 aromatic carbocycles. The number of hydrogen-bond acceptors (Lipinski definition) is 3. The second-order valence-electron chi connectivity index (χ2n) is 4.61. The van der Waals surface area contributed by atoms with Crippen LogP contribution in [0.15, 0.2) is 36.4 Å². The van der Waals surface area contributed by atoms with Gasteiger partial charge >= 0.3 is 0 Å². The third-order valence-electron chi connectivity index (χ3n) is 3.30. The zero-order chi connectivity index (χ0) is 14.5. The van der Waals surface area contributed by atoms with Crippen molar-refractivity contribution in [2.45, 2.75) is 19.4 Å². The first kappa shape index (κ1) is 14.3. The van der Waals surface area contributed by atoms with Gasteiger partial charge in [-0.05, 0) is 28.5 Å². The van der Waals surface area contributed by atoms with Crippen molar-refractivity contribution in [1.29, 1.82) is 0 Å². The van der Waals surface area contributed by atoms with Crippen LogP contribution in [0.2, 0.25) is 0 Å². The first-order chi connectivity index (χ1) is 9.65. The number of benzene rings is 2. The lowest BCUT2D eigenvalue weighted by Crippen LogP contribution is -2.27. The fourth-order valence-corrected chi connectivity index (χ4v) is 2.14. The molecular formula is C16H19NO3. The lowest BCUT2D eigenvalue weighted by atomic mass is 10.00. The molecule has 1 amide bonds. The predicted octanol–water partition coefficient (Wildman–Crippen LogP) is 2.41. The summed E-state index contributed by atoms with van der Waals surface area (Å²) < 4.78 is 5.22. The van der Waals surface area contributed by atoms with E-state index in [0.29, 0.717) is 6.42 Å². The topological polar surface area (TPSA) is 58.6 Å². The summed E-state index contributed by atoms with van der Waals surface area (Å²) in [6, 6.07) is 11.5. The summed E-state index contributed by atoms with van der Waals surface area (Å²) in [5, 5.41) is 14.9. The quantitative estimate of drug-likeness (QED) is 0.879. The van der Waals surface area contributed by atoms with Crippen LogP contribution in [0.3, 0.4) is 0 Å². The van der Waals surface area contributed by atoms with Crippen molar-refractivity contribution in [1.82, 2.24) is 5.32 Å². The molecule has 0 heterocycles. The van der Waals surface area contributed by atoms with Gasteiger partial charge in [0.1, 0.15) is 5.75 Å². The monoisotopic (exact) mass is 273 g/mol. The lowest BCUT2D eigenvalue weighted by Gasteiger charge is -2.15. The molecule has 2 N–H and O–H groups in total. The molecule has 2 aromatic rings. The van der Waals surface area contributed by atoms with E-state index in [4.69, 9.17) is 4.74 Å². The van der Waals surface area contributed by atoms with Gasteiger partial charge in [-0.15, -0.1) is 0 Å². The molecule has 0 saturated heterocycles. The molecular weight excluding hydrogens is 254 g/mol. The molecule has 0 unspecified atom stereocenters. The number of carbonyl (C=O) groups is 1. The Morgan fingerprint density at radius 2 is 2.15 bits per heavy atom. The van der Waals surface area contributed by atoms with E-state index in [-0.39, 0.29) is 12.5 Å². The third kappa shape index (κ3) is 3.08. The van der Waals surface area contributed by atoms with Crippen LogP contribution >= 0.6 is 0 Å². The van der Waals surface area contributed by atoms with Crippen molar-refractivity contribution in [3.63, 3.8) is 0 Å². The van der Waals surface area contributed by atoms with Gasteiger partial charge in [-0.2, -0.15) is 0 Å². The zero-order valence-corrected chi connectivity index (χ0v) is 11.7. The average Bonchev–Trinajstić information content (AvgIpc) is 2.50. The number of rotatable bonds is 5. The highest BCUT2D eigenvalue weighted by Gasteiger charge is 2.12. The van der Waals surface area contributed by atoms with E-state index < -0.39 is 6.10 Å². The van der Waals surface area contributed by atoms with Crippen molar-refractivity contribution >= 4 is 16.7 Å². The van der Waals surface area contributed by atoms with Gasteiger partial charge in [0, 0.05) is 13.0 Å². The van der Waals surface area contributed by atoms with Gasteiger partial charge in [-0.1, -0.05) is 31.2 Å². The number of amides is 1. The van der Waals surface area contributed by atoms with E-state index in [1.165, 1.54) is 0 Å². The normalized spacial score (nSPS) is 12.2. The van der Waals surface area contributed by atoms with Crippen molar-refractivity contribution in [3.05, 3.63) is 42.0 Å². The van der Waals surface area contributed by atoms with Gasteiger partial charge < -0.3 is 15.2 Å². The molecule has 2 rings (SSSR count). The summed E-state index contributed by atoms with van der Waals surface area (Å²) in [5.41, 5.74) is 0.790. The van der Waals surface area contributed by atoms with E-state index in [0.717, 1.165) is 22.1 Å². The highest BCUT2D eigenvalue weighted by Crippen LogP contribution is 2.27. The summed E-state index contributed by atoms with van der Waals surface area (Å²) in [5.74, 6) is 0.677. The van der Waals surface area contributed by atoms with Crippen LogP contribution in [0.4, 0.5) is 0 Å². The van der Waals surface area contributed by atoms with Gasteiger partial charge in [0.05, 0.1) is 13.2 Å². The van der Waals surface area contributed by atoms with Gasteiger partial charge in [-0.3, -0.25) is 4.79 Å². The molecule has 0 aliphatic heterocycles. The fourth-order valence-electron chi connectivity index (χ4n) is 2.14. The summed E-state index contributed by atoms with van der Waals surface area (Å²) >= 11 is 0. The Kier molecular flexibility index (Phi) is 4.58. The number of ether oxygens (including phenoxy) is 1. The number of hydrogen-bond donors (Lipinski definition) is 2. The van der Waals surface area contributed by atoms with Crippen LogP contribution in [0.1, 0.15) is 25.0 Å². The van der Waals surface area contributed by atoms with Crippen LogP contribution in [-0.4, -0.2) is 24.7 Å². The first-order valence-electron chi connectivity index (χ1n) is 6.67. The molecule has 0 radical (unpaired) electrons. The maximum Gasteiger partial charge on any atom is 0.219 e. The van der Waals surface area contributed by atoms with Gasteiger partial charge in [0.15, 0.2) is 0 Å². The minimum absolute atomic E-state index is 0.0677. The summed E-state index contributed by atoms with van der Waals surface area (Å²) in [7, 11) is 1.61. The van der Waals surface area contributed by atoms with E-state index in [1.807, 2.05) is 36.4 Å². The molecule has 4 nitrogen and oxygen atoms in total. The van der Waals surface area contributed by atoms with Gasteiger partial charge in [-0.25, -0.2) is 0 Å². The highest BCUT2D eigenvalue weighted by molar-refractivity contribution is 5.87. The number of aliphatic hydroxyl groups excluding tert-OH is 1. The molecule has 0 spiro atoms. The molecule has 0 aromatic heterocycles. The van der Waals surface area contributed by atoms with Crippen LogP contribution in [0.25, 0.3) is 10.8 Å². The Morgan fingerprint density at radius 1 is 1.35 bits per heavy atom. The SMILES string of the molecule is CCC(=O)NC[C@@H](O)c1cccc2ccc(OC)cc12. The summed E-state index contributed by atoms with van der Waals surface area (Å²) in [6.45, 7) is 1.99. The molecule has 0 bridgehead atoms. The maximum absolute atomic E-state index is 11.3. The number of fused-ring (bicyclic) bond motifs is 1. The van der Waals surface area contributed by atoms with Crippen LogP contribution in [0.5, 0.6) is 5.75 Å². The molecule has 0 saturated carbocycles. The molecule has 106 valence electrons. The predicted molar refractivity (Wildman–Crippen MR) is 78.8 cm³/mol. The van der Waals surface area contributed by atoms with Gasteiger partial charge in [0.25, 0.3) is 0 Å². The maximum atomic E-state index is 11.3. The third-order valence-corrected chi connectivity index (χ3v) is 3.30. The second-order valence-corrected chi connectivity index (χ2v) is 4.61. The Hall–Kier alpha value is -2.07. The smallest absolute Gasteiger partial charge is 0.219 e. The lowest BCUT2D eigenvalue weighted by molar-refractivity contribution is -0.121. The van der Waals surface area contributed by atoms with Crippen molar-refractivity contribution in [2.24, 2.45) is 0 Å². The van der Waals surface area contributed by atoms with E-state index in [2.05, 4.69) is 5.32 Å². The van der Waals surface area contributed by atoms with Crippen molar-refractivity contribution in [2.75, 3.05) is 13.7 Å². The molecule has 0 aliphatic rings. The molecule has 0 fully saturated rings. The van der Waals surface area contributed by atoms with Crippen molar-refractivity contribution in [3.8, 4) is 5.75 Å². The van der Waals surface area contributed by atoms with E-state index >= 15 is 0 Å². The molecule has 4 heteroatoms. The summed E-state index contributed by atoms with van der Waals surface area (Å²) in [6.07, 6.45) is -0.322. The molecule has 0 aliphatic carbocycles. The second kappa shape index (κ2) is 6.39. The van der Waals surface area contributed by atoms with Crippen LogP contribution < -0.4 is 10.1 Å². The largest absolute Gasteiger partial charge is 0.497 e. The Bertz CT molecular complexity index is 610. The van der Waals surface area contributed by atoms with E-state index in [9.17, 15) is 9.90 Å². The summed E-state index contributed by atoms with van der Waals surface area (Å²) in [4.78, 5) is 11.3. The zero-order valence-electron chi connectivity index (χ0n) is 11.7. The Labute approximate surface area is 118 Å². The number of nitrogens with one attached hydrogen (secondary N) is 1. The minimum Gasteiger partial charge on any atom is -0.497 e. The molecule has 1 atom stereocenters. The van der Waals surface area contributed by atoms with Crippen molar-refractivity contribution < 1.29 is 14.6 Å². The first-order valence-corrected chi connectivity index (χ1v) is 6.67. The number of methoxy groups -OCH3 is 1. The Balaban J connectivity index is 2.30. The minimum atomic E-state index is -0.735.